The van der Waals surface area contributed by atoms with E-state index in [1.807, 2.05) is 24.3 Å². The monoisotopic (exact) mass is 278 g/mol. The average molecular weight is 279 g/mol. The summed E-state index contributed by atoms with van der Waals surface area (Å²) >= 11 is 6.11. The minimum Gasteiger partial charge on any atom is -0.485 e. The van der Waals surface area contributed by atoms with Gasteiger partial charge in [0, 0.05) is 18.2 Å². The van der Waals surface area contributed by atoms with E-state index >= 15 is 0 Å². The summed E-state index contributed by atoms with van der Waals surface area (Å²) in [6.45, 7) is 0.690. The lowest BCUT2D eigenvalue weighted by atomic mass is 10.2. The number of hydrogen-bond acceptors (Lipinski definition) is 4. The van der Waals surface area contributed by atoms with Crippen LogP contribution in [0.5, 0.6) is 11.6 Å². The van der Waals surface area contributed by atoms with Crippen LogP contribution in [0, 0.1) is 0 Å². The zero-order chi connectivity index (χ0) is 13.7. The van der Waals surface area contributed by atoms with Gasteiger partial charge < -0.3 is 15.2 Å². The number of nitrogens with two attached hydrogens (primary N) is 1. The Morgan fingerprint density at radius 2 is 2.00 bits per heavy atom. The summed E-state index contributed by atoms with van der Waals surface area (Å²) in [6, 6.07) is 11.0. The smallest absolute Gasteiger partial charge is 0.213 e. The highest BCUT2D eigenvalue weighted by molar-refractivity contribution is 6.32. The lowest BCUT2D eigenvalue weighted by Crippen LogP contribution is -2.04. The largest absolute Gasteiger partial charge is 0.485 e. The third-order valence-corrected chi connectivity index (χ3v) is 2.92. The molecule has 2 aromatic rings. The number of ether oxygens (including phenoxy) is 2. The van der Waals surface area contributed by atoms with Crippen molar-refractivity contribution in [2.75, 3.05) is 7.11 Å². The number of para-hydroxylation sites is 1. The Kier molecular flexibility index (Phi) is 4.60. The molecule has 2 N–H and O–H groups in total. The first-order valence-corrected chi connectivity index (χ1v) is 6.22. The molecule has 0 bridgehead atoms. The third kappa shape index (κ3) is 3.36. The van der Waals surface area contributed by atoms with Crippen LogP contribution in [0.25, 0.3) is 0 Å². The summed E-state index contributed by atoms with van der Waals surface area (Å²) < 4.78 is 10.8. The van der Waals surface area contributed by atoms with Crippen molar-refractivity contribution >= 4 is 11.6 Å². The predicted molar refractivity (Wildman–Crippen MR) is 74.5 cm³/mol. The van der Waals surface area contributed by atoms with Crippen LogP contribution >= 0.6 is 11.6 Å². The lowest BCUT2D eigenvalue weighted by molar-refractivity contribution is 0.295. The van der Waals surface area contributed by atoms with Gasteiger partial charge in [0.15, 0.2) is 0 Å². The van der Waals surface area contributed by atoms with Crippen molar-refractivity contribution < 1.29 is 9.47 Å². The Morgan fingerprint density at radius 1 is 1.21 bits per heavy atom. The Morgan fingerprint density at radius 3 is 2.74 bits per heavy atom. The molecule has 0 aliphatic rings. The number of rotatable bonds is 5. The van der Waals surface area contributed by atoms with Crippen molar-refractivity contribution in [3.05, 3.63) is 52.7 Å². The van der Waals surface area contributed by atoms with Crippen molar-refractivity contribution in [1.82, 2.24) is 4.98 Å². The number of nitrogens with zero attached hydrogens (tertiary/aromatic N) is 1. The van der Waals surface area contributed by atoms with Crippen LogP contribution < -0.4 is 15.2 Å². The molecule has 0 fully saturated rings. The van der Waals surface area contributed by atoms with Gasteiger partial charge >= 0.3 is 0 Å². The Bertz CT molecular complexity index is 561. The minimum absolute atomic E-state index is 0.313. The van der Waals surface area contributed by atoms with E-state index in [9.17, 15) is 0 Å². The van der Waals surface area contributed by atoms with E-state index in [0.29, 0.717) is 29.8 Å². The van der Waals surface area contributed by atoms with Gasteiger partial charge in [-0.05, 0) is 12.1 Å². The topological polar surface area (TPSA) is 57.4 Å². The first kappa shape index (κ1) is 13.6. The maximum Gasteiger partial charge on any atom is 0.213 e. The van der Waals surface area contributed by atoms with Crippen molar-refractivity contribution in [2.45, 2.75) is 13.2 Å². The molecule has 0 saturated heterocycles. The second kappa shape index (κ2) is 6.41. The molecule has 0 atom stereocenters. The van der Waals surface area contributed by atoms with Gasteiger partial charge in [-0.1, -0.05) is 29.8 Å². The number of benzene rings is 1. The van der Waals surface area contributed by atoms with Gasteiger partial charge in [0.2, 0.25) is 5.88 Å². The number of methoxy groups -OCH3 is 1. The molecule has 0 aliphatic carbocycles. The van der Waals surface area contributed by atoms with Crippen molar-refractivity contribution in [2.24, 2.45) is 5.73 Å². The maximum absolute atomic E-state index is 6.11. The minimum atomic E-state index is 0.313. The molecule has 0 aliphatic heterocycles. The SMILES string of the molecule is COc1cccc(COc2c(Cl)cccc2CN)n1. The highest BCUT2D eigenvalue weighted by Gasteiger charge is 2.08. The normalized spacial score (nSPS) is 10.3. The third-order valence-electron chi connectivity index (χ3n) is 2.62. The summed E-state index contributed by atoms with van der Waals surface area (Å²) in [7, 11) is 1.58. The zero-order valence-corrected chi connectivity index (χ0v) is 11.4. The molecule has 1 heterocycles. The van der Waals surface area contributed by atoms with Gasteiger partial charge in [0.05, 0.1) is 17.8 Å². The van der Waals surface area contributed by atoms with Crippen molar-refractivity contribution in [3.63, 3.8) is 0 Å². The van der Waals surface area contributed by atoms with Crippen LogP contribution in [0.15, 0.2) is 36.4 Å². The molecule has 5 heteroatoms. The van der Waals surface area contributed by atoms with Crippen LogP contribution in [0.4, 0.5) is 0 Å². The molecule has 0 spiro atoms. The summed E-state index contributed by atoms with van der Waals surface area (Å²) in [5, 5.41) is 0.547. The number of hydrogen-bond donors (Lipinski definition) is 1. The molecule has 0 radical (unpaired) electrons. The molecule has 1 aromatic carbocycles. The lowest BCUT2D eigenvalue weighted by Gasteiger charge is -2.12. The van der Waals surface area contributed by atoms with Gasteiger partial charge in [-0.15, -0.1) is 0 Å². The molecule has 0 saturated carbocycles. The summed E-state index contributed by atoms with van der Waals surface area (Å²) in [6.07, 6.45) is 0. The molecule has 0 unspecified atom stereocenters. The van der Waals surface area contributed by atoms with Gasteiger partial charge in [-0.25, -0.2) is 4.98 Å². The highest BCUT2D eigenvalue weighted by Crippen LogP contribution is 2.29. The van der Waals surface area contributed by atoms with Gasteiger partial charge in [0.25, 0.3) is 0 Å². The molecular weight excluding hydrogens is 264 g/mol. The number of aromatic nitrogens is 1. The Hall–Kier alpha value is -1.78. The second-order valence-corrected chi connectivity index (χ2v) is 4.30. The highest BCUT2D eigenvalue weighted by atomic mass is 35.5. The van der Waals surface area contributed by atoms with Crippen LogP contribution in [0.3, 0.4) is 0 Å². The van der Waals surface area contributed by atoms with Crippen LogP contribution in [0.1, 0.15) is 11.3 Å². The predicted octanol–water partition coefficient (Wildman–Crippen LogP) is 2.78. The fourth-order valence-electron chi connectivity index (χ4n) is 1.67. The number of pyridine rings is 1. The molecule has 4 nitrogen and oxygen atoms in total. The van der Waals surface area contributed by atoms with Crippen molar-refractivity contribution in [3.8, 4) is 11.6 Å². The quantitative estimate of drug-likeness (QED) is 0.914. The molecule has 1 aromatic heterocycles. The van der Waals surface area contributed by atoms with E-state index in [1.54, 1.807) is 19.2 Å². The van der Waals surface area contributed by atoms with E-state index in [2.05, 4.69) is 4.98 Å². The molecule has 100 valence electrons. The summed E-state index contributed by atoms with van der Waals surface area (Å²) in [4.78, 5) is 4.27. The van der Waals surface area contributed by atoms with E-state index in [1.165, 1.54) is 0 Å². The second-order valence-electron chi connectivity index (χ2n) is 3.89. The molecule has 2 rings (SSSR count). The number of halogens is 1. The first-order valence-electron chi connectivity index (χ1n) is 5.84. The Balaban J connectivity index is 2.14. The molecule has 19 heavy (non-hydrogen) atoms. The van der Waals surface area contributed by atoms with Gasteiger partial charge in [-0.2, -0.15) is 0 Å². The fourth-order valence-corrected chi connectivity index (χ4v) is 1.92. The Labute approximate surface area is 117 Å². The van der Waals surface area contributed by atoms with Crippen LogP contribution in [0.2, 0.25) is 5.02 Å². The zero-order valence-electron chi connectivity index (χ0n) is 10.6. The van der Waals surface area contributed by atoms with Gasteiger partial charge in [-0.3, -0.25) is 0 Å². The van der Waals surface area contributed by atoms with Gasteiger partial charge in [0.1, 0.15) is 12.4 Å². The van der Waals surface area contributed by atoms with Crippen molar-refractivity contribution in [1.29, 1.82) is 0 Å². The molecular formula is C14H15ClN2O2. The first-order chi connectivity index (χ1) is 9.24. The van der Waals surface area contributed by atoms with Crippen LogP contribution in [-0.4, -0.2) is 12.1 Å². The van der Waals surface area contributed by atoms with Crippen LogP contribution in [-0.2, 0) is 13.2 Å². The van der Waals surface area contributed by atoms with E-state index in [4.69, 9.17) is 26.8 Å². The van der Waals surface area contributed by atoms with E-state index in [0.717, 1.165) is 11.3 Å². The average Bonchev–Trinajstić information content (AvgIpc) is 2.46. The van der Waals surface area contributed by atoms with E-state index in [-0.39, 0.29) is 0 Å². The molecule has 0 amide bonds. The maximum atomic E-state index is 6.11. The fraction of sp³-hybridized carbons (Fsp3) is 0.214. The summed E-state index contributed by atoms with van der Waals surface area (Å²) in [5.74, 6) is 1.16. The van der Waals surface area contributed by atoms with E-state index < -0.39 is 0 Å². The summed E-state index contributed by atoms with van der Waals surface area (Å²) in [5.41, 5.74) is 7.30. The standard InChI is InChI=1S/C14H15ClN2O2/c1-18-13-7-3-5-11(17-13)9-19-14-10(8-16)4-2-6-12(14)15/h2-7H,8-9,16H2,1H3.